The number of hydrazine groups is 1. The summed E-state index contributed by atoms with van der Waals surface area (Å²) >= 11 is 0. The van der Waals surface area contributed by atoms with Crippen molar-refractivity contribution in [3.8, 4) is 0 Å². The highest BCUT2D eigenvalue weighted by Gasteiger charge is 2.21. The van der Waals surface area contributed by atoms with Gasteiger partial charge in [-0.2, -0.15) is 0 Å². The molecule has 0 aliphatic rings. The van der Waals surface area contributed by atoms with Gasteiger partial charge >= 0.3 is 0 Å². The van der Waals surface area contributed by atoms with E-state index in [9.17, 15) is 4.79 Å². The van der Waals surface area contributed by atoms with E-state index in [1.165, 1.54) is 0 Å². The molecule has 100 valence electrons. The summed E-state index contributed by atoms with van der Waals surface area (Å²) in [4.78, 5) is 16.2. The van der Waals surface area contributed by atoms with Crippen molar-refractivity contribution < 1.29 is 9.53 Å². The Balaban J connectivity index is 2.87. The van der Waals surface area contributed by atoms with Gasteiger partial charge in [0, 0.05) is 18.4 Å². The lowest BCUT2D eigenvalue weighted by Crippen LogP contribution is -2.46. The van der Waals surface area contributed by atoms with Crippen LogP contribution in [0.15, 0.2) is 12.1 Å². The average Bonchev–Trinajstić information content (AvgIpc) is 2.27. The van der Waals surface area contributed by atoms with Gasteiger partial charge in [-0.05, 0) is 32.9 Å². The number of rotatable bonds is 5. The van der Waals surface area contributed by atoms with Crippen LogP contribution < -0.4 is 16.6 Å². The Kier molecular flexibility index (Phi) is 4.63. The third-order valence-electron chi connectivity index (χ3n) is 2.32. The lowest BCUT2D eigenvalue weighted by molar-refractivity contribution is 0.0820. The van der Waals surface area contributed by atoms with E-state index in [4.69, 9.17) is 10.6 Å². The number of aryl methyl sites for hydroxylation is 1. The Bertz CT molecular complexity index is 432. The summed E-state index contributed by atoms with van der Waals surface area (Å²) in [6.45, 7) is 6.03. The number of aromatic nitrogens is 1. The van der Waals surface area contributed by atoms with E-state index in [0.29, 0.717) is 18.0 Å². The molecule has 1 rings (SSSR count). The molecule has 0 aliphatic carbocycles. The van der Waals surface area contributed by atoms with Crippen LogP contribution in [-0.2, 0) is 4.74 Å². The highest BCUT2D eigenvalue weighted by molar-refractivity contribution is 5.95. The van der Waals surface area contributed by atoms with Crippen LogP contribution in [0.4, 0.5) is 5.82 Å². The van der Waals surface area contributed by atoms with Crippen molar-refractivity contribution in [2.24, 2.45) is 5.84 Å². The number of amides is 1. The normalized spacial score (nSPS) is 11.2. The molecule has 0 saturated carbocycles. The van der Waals surface area contributed by atoms with Crippen LogP contribution in [0.1, 0.15) is 29.9 Å². The van der Waals surface area contributed by atoms with Crippen molar-refractivity contribution in [1.82, 2.24) is 10.3 Å². The molecule has 0 unspecified atom stereocenters. The standard InChI is InChI=1S/C12H20N4O2/c1-8-5-9(6-10(14-8)16-13)11(17)15-12(2,3)7-18-4/h5-6H,7,13H2,1-4H3,(H,14,16)(H,15,17). The zero-order valence-corrected chi connectivity index (χ0v) is 11.2. The number of pyridine rings is 1. The molecular weight excluding hydrogens is 232 g/mol. The van der Waals surface area contributed by atoms with Gasteiger partial charge in [-0.1, -0.05) is 0 Å². The third-order valence-corrected chi connectivity index (χ3v) is 2.32. The zero-order chi connectivity index (χ0) is 13.8. The average molecular weight is 252 g/mol. The fourth-order valence-corrected chi connectivity index (χ4v) is 1.65. The summed E-state index contributed by atoms with van der Waals surface area (Å²) in [5, 5.41) is 2.89. The molecule has 1 heterocycles. The van der Waals surface area contributed by atoms with E-state index in [-0.39, 0.29) is 5.91 Å². The summed E-state index contributed by atoms with van der Waals surface area (Å²) < 4.78 is 5.05. The van der Waals surface area contributed by atoms with Gasteiger partial charge in [0.2, 0.25) is 0 Å². The van der Waals surface area contributed by atoms with Crippen molar-refractivity contribution in [2.45, 2.75) is 26.3 Å². The third kappa shape index (κ3) is 3.97. The van der Waals surface area contributed by atoms with Crippen molar-refractivity contribution in [2.75, 3.05) is 19.1 Å². The number of methoxy groups -OCH3 is 1. The minimum Gasteiger partial charge on any atom is -0.382 e. The fraction of sp³-hybridized carbons (Fsp3) is 0.500. The van der Waals surface area contributed by atoms with Crippen LogP contribution in [0.2, 0.25) is 0 Å². The number of nitrogen functional groups attached to an aromatic ring is 1. The van der Waals surface area contributed by atoms with Gasteiger partial charge in [0.1, 0.15) is 5.82 Å². The van der Waals surface area contributed by atoms with Gasteiger partial charge < -0.3 is 15.5 Å². The molecule has 1 aromatic rings. The van der Waals surface area contributed by atoms with E-state index in [0.717, 1.165) is 5.69 Å². The molecule has 6 heteroatoms. The number of anilines is 1. The summed E-state index contributed by atoms with van der Waals surface area (Å²) in [5.41, 5.74) is 3.24. The quantitative estimate of drug-likeness (QED) is 0.533. The fourth-order valence-electron chi connectivity index (χ4n) is 1.65. The largest absolute Gasteiger partial charge is 0.382 e. The molecule has 1 aromatic heterocycles. The highest BCUT2D eigenvalue weighted by Crippen LogP contribution is 2.11. The maximum atomic E-state index is 12.1. The number of nitrogens with one attached hydrogen (secondary N) is 2. The Hall–Kier alpha value is -1.66. The van der Waals surface area contributed by atoms with Crippen molar-refractivity contribution >= 4 is 11.7 Å². The van der Waals surface area contributed by atoms with Gasteiger partial charge in [0.15, 0.2) is 0 Å². The van der Waals surface area contributed by atoms with Crippen LogP contribution in [0, 0.1) is 6.92 Å². The van der Waals surface area contributed by atoms with Gasteiger partial charge in [-0.3, -0.25) is 4.79 Å². The molecule has 6 nitrogen and oxygen atoms in total. The van der Waals surface area contributed by atoms with Crippen LogP contribution in [0.5, 0.6) is 0 Å². The first-order valence-electron chi connectivity index (χ1n) is 5.65. The maximum absolute atomic E-state index is 12.1. The summed E-state index contributed by atoms with van der Waals surface area (Å²) in [5.74, 6) is 5.58. The summed E-state index contributed by atoms with van der Waals surface area (Å²) in [6.07, 6.45) is 0. The van der Waals surface area contributed by atoms with E-state index in [1.54, 1.807) is 26.2 Å². The first kappa shape index (κ1) is 14.4. The molecule has 18 heavy (non-hydrogen) atoms. The Morgan fingerprint density at radius 3 is 2.72 bits per heavy atom. The van der Waals surface area contributed by atoms with E-state index >= 15 is 0 Å². The van der Waals surface area contributed by atoms with Gasteiger partial charge in [-0.15, -0.1) is 0 Å². The number of ether oxygens (including phenoxy) is 1. The van der Waals surface area contributed by atoms with E-state index in [1.807, 2.05) is 13.8 Å². The molecule has 1 amide bonds. The second-order valence-electron chi connectivity index (χ2n) is 4.80. The Morgan fingerprint density at radius 2 is 2.17 bits per heavy atom. The maximum Gasteiger partial charge on any atom is 0.251 e. The Morgan fingerprint density at radius 1 is 1.50 bits per heavy atom. The topological polar surface area (TPSA) is 89.3 Å². The number of hydrogen-bond donors (Lipinski definition) is 3. The van der Waals surface area contributed by atoms with Gasteiger partial charge in [-0.25, -0.2) is 10.8 Å². The molecule has 0 bridgehead atoms. The van der Waals surface area contributed by atoms with Crippen LogP contribution in [0.25, 0.3) is 0 Å². The Labute approximate surface area is 107 Å². The molecule has 0 saturated heterocycles. The van der Waals surface area contributed by atoms with Gasteiger partial charge in [0.25, 0.3) is 5.91 Å². The first-order valence-corrected chi connectivity index (χ1v) is 5.65. The molecular formula is C12H20N4O2. The molecule has 0 atom stereocenters. The lowest BCUT2D eigenvalue weighted by atomic mass is 10.1. The zero-order valence-electron chi connectivity index (χ0n) is 11.2. The van der Waals surface area contributed by atoms with Crippen molar-refractivity contribution in [1.29, 1.82) is 0 Å². The number of nitrogens with two attached hydrogens (primary N) is 1. The van der Waals surface area contributed by atoms with Crippen LogP contribution >= 0.6 is 0 Å². The van der Waals surface area contributed by atoms with Crippen LogP contribution in [0.3, 0.4) is 0 Å². The predicted octanol–water partition coefficient (Wildman–Crippen LogP) is 0.830. The van der Waals surface area contributed by atoms with Crippen molar-refractivity contribution in [3.05, 3.63) is 23.4 Å². The molecule has 0 fully saturated rings. The van der Waals surface area contributed by atoms with E-state index < -0.39 is 5.54 Å². The second kappa shape index (κ2) is 5.79. The number of carbonyl (C=O) groups excluding carboxylic acids is 1. The summed E-state index contributed by atoms with van der Waals surface area (Å²) in [7, 11) is 1.60. The molecule has 0 aliphatic heterocycles. The van der Waals surface area contributed by atoms with Crippen LogP contribution in [-0.4, -0.2) is 30.1 Å². The highest BCUT2D eigenvalue weighted by atomic mass is 16.5. The second-order valence-corrected chi connectivity index (χ2v) is 4.80. The summed E-state index contributed by atoms with van der Waals surface area (Å²) in [6, 6.07) is 3.31. The molecule has 0 radical (unpaired) electrons. The van der Waals surface area contributed by atoms with E-state index in [2.05, 4.69) is 15.7 Å². The minimum atomic E-state index is -0.431. The SMILES string of the molecule is COCC(C)(C)NC(=O)c1cc(C)nc(NN)c1. The lowest BCUT2D eigenvalue weighted by Gasteiger charge is -2.25. The minimum absolute atomic E-state index is 0.181. The molecule has 0 aromatic carbocycles. The van der Waals surface area contributed by atoms with Crippen molar-refractivity contribution in [3.63, 3.8) is 0 Å². The monoisotopic (exact) mass is 252 g/mol. The number of hydrogen-bond acceptors (Lipinski definition) is 5. The predicted molar refractivity (Wildman–Crippen MR) is 70.2 cm³/mol. The smallest absolute Gasteiger partial charge is 0.251 e. The molecule has 0 spiro atoms. The first-order chi connectivity index (χ1) is 8.38. The van der Waals surface area contributed by atoms with Gasteiger partial charge in [0.05, 0.1) is 12.1 Å². The number of nitrogens with zero attached hydrogens (tertiary/aromatic N) is 1. The number of carbonyl (C=O) groups is 1. The molecule has 4 N–H and O–H groups in total.